The van der Waals surface area contributed by atoms with E-state index in [0.29, 0.717) is 20.1 Å². The third kappa shape index (κ3) is 4.13. The molecular formula is C15H10FN5O3S2. The lowest BCUT2D eigenvalue weighted by atomic mass is 10.2. The lowest BCUT2D eigenvalue weighted by molar-refractivity contribution is -0.387. The first-order chi connectivity index (χ1) is 12.4. The molecule has 11 heteroatoms. The van der Waals surface area contributed by atoms with E-state index in [9.17, 15) is 19.3 Å². The van der Waals surface area contributed by atoms with Crippen LogP contribution in [0.3, 0.4) is 0 Å². The van der Waals surface area contributed by atoms with E-state index < -0.39 is 10.8 Å². The summed E-state index contributed by atoms with van der Waals surface area (Å²) in [4.78, 5) is 22.1. The van der Waals surface area contributed by atoms with Crippen molar-refractivity contribution < 1.29 is 14.1 Å². The van der Waals surface area contributed by atoms with E-state index in [4.69, 9.17) is 5.73 Å². The van der Waals surface area contributed by atoms with E-state index >= 15 is 0 Å². The molecule has 0 atom stereocenters. The maximum absolute atomic E-state index is 13.2. The normalized spacial score (nSPS) is 10.5. The monoisotopic (exact) mass is 391 g/mol. The Hall–Kier alpha value is -3.05. The van der Waals surface area contributed by atoms with Gasteiger partial charge in [0.2, 0.25) is 11.0 Å². The van der Waals surface area contributed by atoms with Crippen LogP contribution in [0.2, 0.25) is 0 Å². The van der Waals surface area contributed by atoms with Gasteiger partial charge in [0.25, 0.3) is 5.69 Å². The van der Waals surface area contributed by atoms with E-state index in [1.807, 2.05) is 0 Å². The SMILES string of the molecule is NC(=O)c1ccc(Sc2nnc(Nc3cccc(F)c3)s2)c([N+](=O)[O-])c1. The fourth-order valence-corrected chi connectivity index (χ4v) is 3.80. The Morgan fingerprint density at radius 3 is 2.77 bits per heavy atom. The summed E-state index contributed by atoms with van der Waals surface area (Å²) in [7, 11) is 0. The van der Waals surface area contributed by atoms with Gasteiger partial charge in [0.05, 0.1) is 9.82 Å². The second kappa shape index (κ2) is 7.45. The summed E-state index contributed by atoms with van der Waals surface area (Å²) >= 11 is 2.19. The lowest BCUT2D eigenvalue weighted by Gasteiger charge is -2.02. The minimum absolute atomic E-state index is 0.0479. The highest BCUT2D eigenvalue weighted by Gasteiger charge is 2.19. The van der Waals surface area contributed by atoms with E-state index in [0.717, 1.165) is 29.2 Å². The molecular weight excluding hydrogens is 381 g/mol. The maximum Gasteiger partial charge on any atom is 0.284 e. The summed E-state index contributed by atoms with van der Waals surface area (Å²) in [5.41, 5.74) is 5.46. The first kappa shape index (κ1) is 17.8. The van der Waals surface area contributed by atoms with Crippen molar-refractivity contribution in [2.24, 2.45) is 5.73 Å². The molecule has 0 unspecified atom stereocenters. The molecule has 3 rings (SSSR count). The van der Waals surface area contributed by atoms with Gasteiger partial charge in [-0.05, 0) is 42.1 Å². The molecule has 132 valence electrons. The molecule has 0 saturated heterocycles. The number of nitrogens with one attached hydrogen (secondary N) is 1. The van der Waals surface area contributed by atoms with Crippen LogP contribution >= 0.6 is 23.1 Å². The Labute approximate surface area is 154 Å². The van der Waals surface area contributed by atoms with Crippen molar-refractivity contribution >= 4 is 45.5 Å². The fourth-order valence-electron chi connectivity index (χ4n) is 1.98. The molecule has 0 bridgehead atoms. The number of halogens is 1. The van der Waals surface area contributed by atoms with E-state index in [2.05, 4.69) is 15.5 Å². The molecule has 2 aromatic carbocycles. The summed E-state index contributed by atoms with van der Waals surface area (Å²) in [5.74, 6) is -1.14. The molecule has 0 spiro atoms. The Bertz CT molecular complexity index is 995. The number of amides is 1. The first-order valence-electron chi connectivity index (χ1n) is 7.04. The van der Waals surface area contributed by atoms with Gasteiger partial charge in [0, 0.05) is 17.3 Å². The number of nitrogens with zero attached hydrogens (tertiary/aromatic N) is 3. The molecule has 3 aromatic rings. The third-order valence-electron chi connectivity index (χ3n) is 3.12. The van der Waals surface area contributed by atoms with Crippen LogP contribution in [0, 0.1) is 15.9 Å². The number of benzene rings is 2. The van der Waals surface area contributed by atoms with Gasteiger partial charge in [0.1, 0.15) is 5.82 Å². The summed E-state index contributed by atoms with van der Waals surface area (Å²) in [6.07, 6.45) is 0. The molecule has 1 heterocycles. The number of carbonyl (C=O) groups is 1. The van der Waals surface area contributed by atoms with Crippen molar-refractivity contribution in [3.05, 3.63) is 64.0 Å². The molecule has 0 aliphatic heterocycles. The van der Waals surface area contributed by atoms with Crippen LogP contribution in [-0.4, -0.2) is 21.0 Å². The van der Waals surface area contributed by atoms with Gasteiger partial charge < -0.3 is 11.1 Å². The standard InChI is InChI=1S/C15H10FN5O3S2/c16-9-2-1-3-10(7-9)18-14-19-20-15(26-14)25-12-5-4-8(13(17)22)6-11(12)21(23)24/h1-7H,(H2,17,22)(H,18,19). The largest absolute Gasteiger partial charge is 0.366 e. The average Bonchev–Trinajstić information content (AvgIpc) is 3.01. The van der Waals surface area contributed by atoms with Crippen molar-refractivity contribution in [1.29, 1.82) is 0 Å². The van der Waals surface area contributed by atoms with Gasteiger partial charge in [-0.15, -0.1) is 10.2 Å². The maximum atomic E-state index is 13.2. The first-order valence-corrected chi connectivity index (χ1v) is 8.68. The van der Waals surface area contributed by atoms with Crippen LogP contribution in [0.1, 0.15) is 10.4 Å². The van der Waals surface area contributed by atoms with Crippen LogP contribution in [0.4, 0.5) is 20.9 Å². The van der Waals surface area contributed by atoms with Gasteiger partial charge >= 0.3 is 0 Å². The van der Waals surface area contributed by atoms with E-state index in [1.54, 1.807) is 12.1 Å². The minimum atomic E-state index is -0.748. The van der Waals surface area contributed by atoms with Crippen LogP contribution < -0.4 is 11.1 Å². The summed E-state index contributed by atoms with van der Waals surface area (Å²) in [6, 6.07) is 9.82. The topological polar surface area (TPSA) is 124 Å². The van der Waals surface area contributed by atoms with Crippen molar-refractivity contribution in [3.63, 3.8) is 0 Å². The number of nitro groups is 1. The van der Waals surface area contributed by atoms with Crippen molar-refractivity contribution in [2.75, 3.05) is 5.32 Å². The van der Waals surface area contributed by atoms with E-state index in [1.165, 1.54) is 24.3 Å². The zero-order valence-corrected chi connectivity index (χ0v) is 14.5. The smallest absolute Gasteiger partial charge is 0.284 e. The van der Waals surface area contributed by atoms with Crippen molar-refractivity contribution in [1.82, 2.24) is 10.2 Å². The Kier molecular flexibility index (Phi) is 5.09. The Morgan fingerprint density at radius 1 is 1.27 bits per heavy atom. The fraction of sp³-hybridized carbons (Fsp3) is 0. The highest BCUT2D eigenvalue weighted by molar-refractivity contribution is 8.01. The highest BCUT2D eigenvalue weighted by Crippen LogP contribution is 2.38. The van der Waals surface area contributed by atoms with Gasteiger partial charge in [-0.3, -0.25) is 14.9 Å². The number of hydrogen-bond donors (Lipinski definition) is 2. The van der Waals surface area contributed by atoms with Crippen LogP contribution in [0.25, 0.3) is 0 Å². The number of nitrogens with two attached hydrogens (primary N) is 1. The van der Waals surface area contributed by atoms with Crippen molar-refractivity contribution in [3.8, 4) is 0 Å². The molecule has 8 nitrogen and oxygen atoms in total. The van der Waals surface area contributed by atoms with Crippen LogP contribution in [0.15, 0.2) is 51.7 Å². The number of aromatic nitrogens is 2. The Morgan fingerprint density at radius 2 is 2.08 bits per heavy atom. The number of primary amides is 1. The van der Waals surface area contributed by atoms with Crippen molar-refractivity contribution in [2.45, 2.75) is 9.24 Å². The molecule has 3 N–H and O–H groups in total. The van der Waals surface area contributed by atoms with Gasteiger partial charge in [-0.25, -0.2) is 4.39 Å². The van der Waals surface area contributed by atoms with Gasteiger partial charge in [-0.1, -0.05) is 17.4 Å². The molecule has 0 saturated carbocycles. The summed E-state index contributed by atoms with van der Waals surface area (Å²) in [6.45, 7) is 0. The summed E-state index contributed by atoms with van der Waals surface area (Å²) < 4.78 is 13.6. The van der Waals surface area contributed by atoms with Crippen LogP contribution in [-0.2, 0) is 0 Å². The number of nitro benzene ring substituents is 1. The number of anilines is 2. The van der Waals surface area contributed by atoms with Gasteiger partial charge in [-0.2, -0.15) is 0 Å². The average molecular weight is 391 g/mol. The predicted molar refractivity (Wildman–Crippen MR) is 95.3 cm³/mol. The number of carbonyl (C=O) groups excluding carboxylic acids is 1. The molecule has 1 aromatic heterocycles. The number of rotatable bonds is 6. The minimum Gasteiger partial charge on any atom is -0.366 e. The second-order valence-corrected chi connectivity index (χ2v) is 7.18. The quantitative estimate of drug-likeness (QED) is 0.486. The zero-order chi connectivity index (χ0) is 18.7. The van der Waals surface area contributed by atoms with Gasteiger partial charge in [0.15, 0.2) is 4.34 Å². The predicted octanol–water partition coefficient (Wildman–Crippen LogP) is 3.58. The summed E-state index contributed by atoms with van der Waals surface area (Å²) in [5, 5.41) is 22.4. The Balaban J connectivity index is 1.80. The molecule has 0 radical (unpaired) electrons. The van der Waals surface area contributed by atoms with E-state index in [-0.39, 0.29) is 17.1 Å². The molecule has 0 aliphatic carbocycles. The highest BCUT2D eigenvalue weighted by atomic mass is 32.2. The second-order valence-electron chi connectivity index (χ2n) is 4.91. The van der Waals surface area contributed by atoms with Crippen LogP contribution in [0.5, 0.6) is 0 Å². The molecule has 0 aliphatic rings. The molecule has 26 heavy (non-hydrogen) atoms. The molecule has 1 amide bonds. The zero-order valence-electron chi connectivity index (χ0n) is 12.9. The third-order valence-corrected chi connectivity index (χ3v) is 5.07. The molecule has 0 fully saturated rings. The number of hydrogen-bond acceptors (Lipinski definition) is 8. The lowest BCUT2D eigenvalue weighted by Crippen LogP contribution is -2.11.